The van der Waals surface area contributed by atoms with Gasteiger partial charge in [-0.15, -0.1) is 11.6 Å². The van der Waals surface area contributed by atoms with Crippen LogP contribution in [0.1, 0.15) is 19.3 Å². The molecule has 0 saturated heterocycles. The van der Waals surface area contributed by atoms with Gasteiger partial charge in [-0.25, -0.2) is 0 Å². The van der Waals surface area contributed by atoms with Crippen LogP contribution in [0.15, 0.2) is 0 Å². The lowest BCUT2D eigenvalue weighted by atomic mass is 9.87. The van der Waals surface area contributed by atoms with Gasteiger partial charge in [0.25, 0.3) is 0 Å². The molecule has 0 bridgehead atoms. The zero-order chi connectivity index (χ0) is 9.14. The number of nitro groups is 1. The van der Waals surface area contributed by atoms with Crippen LogP contribution in [0.5, 0.6) is 0 Å². The monoisotopic (exact) mass is 188 g/mol. The third-order valence-electron chi connectivity index (χ3n) is 2.19. The molecule has 1 aliphatic carbocycles. The number of alkyl halides is 1. The highest BCUT2D eigenvalue weighted by Crippen LogP contribution is 2.29. The van der Waals surface area contributed by atoms with Gasteiger partial charge >= 0.3 is 0 Å². The maximum absolute atomic E-state index is 10.4. The molecule has 3 unspecified atom stereocenters. The second-order valence-corrected chi connectivity index (χ2v) is 3.57. The van der Waals surface area contributed by atoms with Crippen LogP contribution in [0.3, 0.4) is 0 Å². The zero-order valence-corrected chi connectivity index (χ0v) is 7.20. The summed E-state index contributed by atoms with van der Waals surface area (Å²) in [6.45, 7) is 0. The predicted molar refractivity (Wildman–Crippen MR) is 43.4 cm³/mol. The van der Waals surface area contributed by atoms with Crippen LogP contribution < -0.4 is 0 Å². The SMILES string of the molecule is N#CC1CCC(Cl)C([N+](=O)[O-])C1. The van der Waals surface area contributed by atoms with E-state index in [1.54, 1.807) is 0 Å². The average molecular weight is 189 g/mol. The van der Waals surface area contributed by atoms with Crippen molar-refractivity contribution >= 4 is 11.6 Å². The molecule has 4 nitrogen and oxygen atoms in total. The Morgan fingerprint density at radius 1 is 1.58 bits per heavy atom. The van der Waals surface area contributed by atoms with E-state index in [1.807, 2.05) is 6.07 Å². The summed E-state index contributed by atoms with van der Waals surface area (Å²) in [6.07, 6.45) is 1.57. The summed E-state index contributed by atoms with van der Waals surface area (Å²) < 4.78 is 0. The Hall–Kier alpha value is -0.820. The van der Waals surface area contributed by atoms with E-state index in [1.165, 1.54) is 0 Å². The van der Waals surface area contributed by atoms with Gasteiger partial charge in [0.15, 0.2) is 0 Å². The minimum Gasteiger partial charge on any atom is -0.264 e. The molecule has 0 spiro atoms. The third kappa shape index (κ3) is 1.86. The summed E-state index contributed by atoms with van der Waals surface area (Å²) in [5.74, 6) is -0.185. The van der Waals surface area contributed by atoms with Crippen molar-refractivity contribution in [3.8, 4) is 6.07 Å². The fraction of sp³-hybridized carbons (Fsp3) is 0.857. The quantitative estimate of drug-likeness (QED) is 0.356. The number of hydrogen-bond acceptors (Lipinski definition) is 3. The van der Waals surface area contributed by atoms with Gasteiger partial charge in [0.1, 0.15) is 5.38 Å². The van der Waals surface area contributed by atoms with Crippen molar-refractivity contribution in [2.24, 2.45) is 5.92 Å². The summed E-state index contributed by atoms with van der Waals surface area (Å²) >= 11 is 5.75. The van der Waals surface area contributed by atoms with E-state index in [-0.39, 0.29) is 10.8 Å². The van der Waals surface area contributed by atoms with E-state index < -0.39 is 11.4 Å². The molecule has 1 aliphatic rings. The van der Waals surface area contributed by atoms with Crippen molar-refractivity contribution < 1.29 is 4.92 Å². The van der Waals surface area contributed by atoms with E-state index in [0.717, 1.165) is 0 Å². The average Bonchev–Trinajstić information content (AvgIpc) is 2.05. The molecule has 12 heavy (non-hydrogen) atoms. The van der Waals surface area contributed by atoms with Crippen LogP contribution in [0.4, 0.5) is 0 Å². The second kappa shape index (κ2) is 3.72. The number of hydrogen-bond donors (Lipinski definition) is 0. The smallest absolute Gasteiger partial charge is 0.230 e. The van der Waals surface area contributed by atoms with Gasteiger partial charge in [-0.3, -0.25) is 10.1 Å². The minimum absolute atomic E-state index is 0.185. The molecule has 3 atom stereocenters. The van der Waals surface area contributed by atoms with Gasteiger partial charge in [0, 0.05) is 11.3 Å². The summed E-state index contributed by atoms with van der Waals surface area (Å²) in [4.78, 5) is 10.1. The van der Waals surface area contributed by atoms with E-state index in [0.29, 0.717) is 19.3 Å². The van der Waals surface area contributed by atoms with Gasteiger partial charge in [-0.05, 0) is 12.8 Å². The molecule has 5 heteroatoms. The maximum Gasteiger partial charge on any atom is 0.230 e. The van der Waals surface area contributed by atoms with Crippen LogP contribution in [-0.2, 0) is 0 Å². The van der Waals surface area contributed by atoms with Crippen molar-refractivity contribution in [1.29, 1.82) is 5.26 Å². The van der Waals surface area contributed by atoms with E-state index in [4.69, 9.17) is 16.9 Å². The molecule has 0 radical (unpaired) electrons. The minimum atomic E-state index is -0.731. The highest BCUT2D eigenvalue weighted by molar-refractivity contribution is 6.21. The molecule has 0 heterocycles. The van der Waals surface area contributed by atoms with Crippen molar-refractivity contribution in [2.45, 2.75) is 30.7 Å². The first-order valence-corrected chi connectivity index (χ1v) is 4.26. The first-order chi connectivity index (χ1) is 5.65. The molecule has 1 saturated carbocycles. The first-order valence-electron chi connectivity index (χ1n) is 3.82. The molecule has 0 aromatic heterocycles. The lowest BCUT2D eigenvalue weighted by Gasteiger charge is -2.23. The van der Waals surface area contributed by atoms with E-state index in [2.05, 4.69) is 0 Å². The lowest BCUT2D eigenvalue weighted by molar-refractivity contribution is -0.526. The van der Waals surface area contributed by atoms with Gasteiger partial charge in [0.2, 0.25) is 6.04 Å². The molecule has 0 amide bonds. The molecular formula is C7H9ClN2O2. The van der Waals surface area contributed by atoms with Crippen molar-refractivity contribution in [1.82, 2.24) is 0 Å². The van der Waals surface area contributed by atoms with E-state index >= 15 is 0 Å². The van der Waals surface area contributed by atoms with Crippen molar-refractivity contribution in [3.63, 3.8) is 0 Å². The second-order valence-electron chi connectivity index (χ2n) is 3.01. The Balaban J connectivity index is 2.60. The summed E-state index contributed by atoms with van der Waals surface area (Å²) in [5, 5.41) is 18.6. The van der Waals surface area contributed by atoms with Gasteiger partial charge in [0.05, 0.1) is 12.0 Å². The summed E-state index contributed by atoms with van der Waals surface area (Å²) in [6, 6.07) is 1.31. The Morgan fingerprint density at radius 3 is 2.75 bits per heavy atom. The summed E-state index contributed by atoms with van der Waals surface area (Å²) in [7, 11) is 0. The van der Waals surface area contributed by atoms with Crippen LogP contribution in [-0.4, -0.2) is 16.3 Å². The number of halogens is 1. The molecular weight excluding hydrogens is 180 g/mol. The Morgan fingerprint density at radius 2 is 2.25 bits per heavy atom. The Bertz CT molecular complexity index is 226. The molecule has 1 rings (SSSR count). The van der Waals surface area contributed by atoms with Crippen LogP contribution in [0.2, 0.25) is 0 Å². The summed E-state index contributed by atoms with van der Waals surface area (Å²) in [5.41, 5.74) is 0. The highest BCUT2D eigenvalue weighted by atomic mass is 35.5. The van der Waals surface area contributed by atoms with Crippen molar-refractivity contribution in [3.05, 3.63) is 10.1 Å². The molecule has 0 N–H and O–H groups in total. The zero-order valence-electron chi connectivity index (χ0n) is 6.44. The normalized spacial score (nSPS) is 35.5. The Labute approximate surface area is 75.3 Å². The predicted octanol–water partition coefficient (Wildman–Crippen LogP) is 1.56. The van der Waals surface area contributed by atoms with Crippen molar-refractivity contribution in [2.75, 3.05) is 0 Å². The highest BCUT2D eigenvalue weighted by Gasteiger charge is 2.37. The third-order valence-corrected chi connectivity index (χ3v) is 2.70. The van der Waals surface area contributed by atoms with Crippen LogP contribution in [0.25, 0.3) is 0 Å². The molecule has 0 aliphatic heterocycles. The van der Waals surface area contributed by atoms with Crippen LogP contribution in [0, 0.1) is 27.4 Å². The molecule has 0 aromatic carbocycles. The standard InChI is InChI=1S/C7H9ClN2O2/c8-6-2-1-5(4-9)3-7(6)10(11)12/h5-7H,1-3H2. The molecule has 0 aromatic rings. The van der Waals surface area contributed by atoms with Gasteiger partial charge in [-0.1, -0.05) is 0 Å². The number of rotatable bonds is 1. The van der Waals surface area contributed by atoms with Gasteiger partial charge in [-0.2, -0.15) is 5.26 Å². The fourth-order valence-electron chi connectivity index (χ4n) is 1.45. The van der Waals surface area contributed by atoms with E-state index in [9.17, 15) is 10.1 Å². The molecule has 1 fully saturated rings. The molecule has 66 valence electrons. The maximum atomic E-state index is 10.4. The van der Waals surface area contributed by atoms with Crippen LogP contribution >= 0.6 is 11.6 Å². The van der Waals surface area contributed by atoms with Gasteiger partial charge < -0.3 is 0 Å². The number of nitriles is 1. The topological polar surface area (TPSA) is 66.9 Å². The first kappa shape index (κ1) is 9.27. The largest absolute Gasteiger partial charge is 0.264 e. The lowest BCUT2D eigenvalue weighted by Crippen LogP contribution is -2.36. The fourth-order valence-corrected chi connectivity index (χ4v) is 1.77. The Kier molecular flexibility index (Phi) is 2.88. The number of nitrogens with zero attached hydrogens (tertiary/aromatic N) is 2.